The molecule has 1 heteroatoms. The van der Waals surface area contributed by atoms with Crippen LogP contribution in [0.4, 0.5) is 0 Å². The molecule has 0 bridgehead atoms. The van der Waals surface area contributed by atoms with Gasteiger partial charge in [0.2, 0.25) is 0 Å². The molecule has 0 N–H and O–H groups in total. The van der Waals surface area contributed by atoms with Gasteiger partial charge in [0.1, 0.15) is 0 Å². The van der Waals surface area contributed by atoms with Crippen LogP contribution >= 0.6 is 0 Å². The summed E-state index contributed by atoms with van der Waals surface area (Å²) in [5, 5.41) is 0. The molecule has 0 atom stereocenters. The molecule has 1 heterocycles. The molecule has 0 spiro atoms. The fourth-order valence-electron chi connectivity index (χ4n) is 5.11. The number of rotatable bonds is 4. The van der Waals surface area contributed by atoms with E-state index in [4.69, 9.17) is 0 Å². The molecule has 1 aliphatic heterocycles. The number of hydrogen-bond acceptors (Lipinski definition) is 0. The fourth-order valence-corrected chi connectivity index (χ4v) is 7.70. The summed E-state index contributed by atoms with van der Waals surface area (Å²) in [6.45, 7) is 13.7. The number of benzene rings is 4. The Bertz CT molecular complexity index is 1330. The van der Waals surface area contributed by atoms with Gasteiger partial charge < -0.3 is 0 Å². The van der Waals surface area contributed by atoms with Crippen molar-refractivity contribution in [2.24, 2.45) is 0 Å². The third-order valence-electron chi connectivity index (χ3n) is 7.51. The van der Waals surface area contributed by atoms with E-state index in [-0.39, 0.29) is 31.2 Å². The zero-order chi connectivity index (χ0) is 27.0. The van der Waals surface area contributed by atoms with Gasteiger partial charge in [-0.3, -0.25) is 0 Å². The standard InChI is InChI=1S/C37H38Se/c1-35(2,3)29-21-17-27(18-22-29)33-25-37(31-13-9-7-10-14-31,32-15-11-8-12-16-32)26-34(38-33)28-19-23-30(24-20-28)36(4,5)6/h7-26H,1-6H3. The van der Waals surface area contributed by atoms with Crippen LogP contribution in [0.3, 0.4) is 0 Å². The van der Waals surface area contributed by atoms with Gasteiger partial charge in [0.25, 0.3) is 0 Å². The first-order chi connectivity index (χ1) is 18.1. The van der Waals surface area contributed by atoms with E-state index in [0.717, 1.165) is 0 Å². The van der Waals surface area contributed by atoms with Crippen LogP contribution in [-0.2, 0) is 16.2 Å². The molecule has 4 aromatic rings. The number of hydrogen-bond donors (Lipinski definition) is 0. The van der Waals surface area contributed by atoms with Crippen molar-refractivity contribution in [3.05, 3.63) is 155 Å². The van der Waals surface area contributed by atoms with Crippen LogP contribution in [0.1, 0.15) is 74.9 Å². The van der Waals surface area contributed by atoms with Crippen molar-refractivity contribution in [2.75, 3.05) is 0 Å². The normalized spacial score (nSPS) is 15.5. The second-order valence-electron chi connectivity index (χ2n) is 12.4. The van der Waals surface area contributed by atoms with Crippen LogP contribution < -0.4 is 0 Å². The van der Waals surface area contributed by atoms with E-state index < -0.39 is 0 Å². The molecular formula is C37H38Se. The fraction of sp³-hybridized carbons (Fsp3) is 0.243. The van der Waals surface area contributed by atoms with Gasteiger partial charge in [0.05, 0.1) is 0 Å². The maximum atomic E-state index is 2.54. The summed E-state index contributed by atoms with van der Waals surface area (Å²) in [6.07, 6.45) is 5.08. The Morgan fingerprint density at radius 3 is 1.11 bits per heavy atom. The minimum atomic E-state index is -0.335. The molecule has 0 nitrogen and oxygen atoms in total. The van der Waals surface area contributed by atoms with Crippen LogP contribution in [0.25, 0.3) is 8.94 Å². The van der Waals surface area contributed by atoms with Gasteiger partial charge in [-0.1, -0.05) is 0 Å². The van der Waals surface area contributed by atoms with Crippen molar-refractivity contribution in [3.63, 3.8) is 0 Å². The second-order valence-corrected chi connectivity index (χ2v) is 14.6. The average molecular weight is 562 g/mol. The quantitative estimate of drug-likeness (QED) is 0.218. The first kappa shape index (κ1) is 26.5. The SMILES string of the molecule is CC(C)(C)c1ccc(C2=CC(c3ccccc3)(c3ccccc3)C=C(c3ccc(C(C)(C)C)cc3)[Se]2)cc1. The molecular weight excluding hydrogens is 523 g/mol. The van der Waals surface area contributed by atoms with E-state index in [2.05, 4.69) is 163 Å². The monoisotopic (exact) mass is 562 g/mol. The van der Waals surface area contributed by atoms with Crippen LogP contribution in [0.15, 0.2) is 121 Å². The van der Waals surface area contributed by atoms with Crippen molar-refractivity contribution in [3.8, 4) is 0 Å². The van der Waals surface area contributed by atoms with Crippen molar-refractivity contribution >= 4 is 23.9 Å². The average Bonchev–Trinajstić information content (AvgIpc) is 2.93. The third-order valence-corrected chi connectivity index (χ3v) is 9.92. The zero-order valence-electron chi connectivity index (χ0n) is 23.5. The molecule has 0 aliphatic carbocycles. The van der Waals surface area contributed by atoms with Crippen LogP contribution in [0.5, 0.6) is 0 Å². The molecule has 0 saturated carbocycles. The molecule has 0 fully saturated rings. The van der Waals surface area contributed by atoms with Crippen molar-refractivity contribution in [2.45, 2.75) is 57.8 Å². The maximum absolute atomic E-state index is 2.54. The van der Waals surface area contributed by atoms with Gasteiger partial charge in [-0.2, -0.15) is 0 Å². The molecule has 192 valence electrons. The van der Waals surface area contributed by atoms with E-state index >= 15 is 0 Å². The molecule has 5 rings (SSSR count). The molecule has 1 aliphatic rings. The van der Waals surface area contributed by atoms with E-state index in [1.165, 1.54) is 42.3 Å². The second kappa shape index (κ2) is 10.2. The van der Waals surface area contributed by atoms with E-state index in [0.29, 0.717) is 0 Å². The van der Waals surface area contributed by atoms with Gasteiger partial charge in [-0.15, -0.1) is 0 Å². The van der Waals surface area contributed by atoms with Gasteiger partial charge in [-0.25, -0.2) is 0 Å². The molecule has 0 aromatic heterocycles. The first-order valence-corrected chi connectivity index (χ1v) is 15.2. The Labute approximate surface area is 235 Å². The molecule has 4 aromatic carbocycles. The van der Waals surface area contributed by atoms with E-state index in [1.54, 1.807) is 0 Å². The summed E-state index contributed by atoms with van der Waals surface area (Å²) in [4.78, 5) is 0. The predicted octanol–water partition coefficient (Wildman–Crippen LogP) is 9.37. The summed E-state index contributed by atoms with van der Waals surface area (Å²) in [5.41, 5.74) is 7.94. The van der Waals surface area contributed by atoms with E-state index in [1.807, 2.05) is 0 Å². The van der Waals surface area contributed by atoms with Crippen molar-refractivity contribution in [1.82, 2.24) is 0 Å². The minimum absolute atomic E-state index is 0.141. The Hall–Kier alpha value is -3.12. The molecule has 0 saturated heterocycles. The van der Waals surface area contributed by atoms with Gasteiger partial charge in [0, 0.05) is 0 Å². The molecule has 0 radical (unpaired) electrons. The van der Waals surface area contributed by atoms with Crippen molar-refractivity contribution < 1.29 is 0 Å². The summed E-state index contributed by atoms with van der Waals surface area (Å²) >= 11 is 0.180. The molecule has 38 heavy (non-hydrogen) atoms. The predicted molar refractivity (Wildman–Crippen MR) is 166 cm³/mol. The molecule has 0 amide bonds. The first-order valence-electron chi connectivity index (χ1n) is 13.5. The summed E-state index contributed by atoms with van der Waals surface area (Å²) in [6, 6.07) is 40.6. The Morgan fingerprint density at radius 2 is 0.789 bits per heavy atom. The van der Waals surface area contributed by atoms with Gasteiger partial charge >= 0.3 is 236 Å². The van der Waals surface area contributed by atoms with Crippen LogP contribution in [0, 0.1) is 0 Å². The van der Waals surface area contributed by atoms with Gasteiger partial charge in [-0.05, 0) is 0 Å². The molecule has 0 unspecified atom stereocenters. The van der Waals surface area contributed by atoms with Crippen molar-refractivity contribution in [1.29, 1.82) is 0 Å². The summed E-state index contributed by atoms with van der Waals surface area (Å²) in [5.74, 6) is 0. The third kappa shape index (κ3) is 5.37. The summed E-state index contributed by atoms with van der Waals surface area (Å²) < 4.78 is 2.87. The van der Waals surface area contributed by atoms with Crippen LogP contribution in [0.2, 0.25) is 0 Å². The number of allylic oxidation sites excluding steroid dienone is 2. The van der Waals surface area contributed by atoms with E-state index in [9.17, 15) is 0 Å². The zero-order valence-corrected chi connectivity index (χ0v) is 25.2. The Balaban J connectivity index is 1.71. The Morgan fingerprint density at radius 1 is 0.447 bits per heavy atom. The summed E-state index contributed by atoms with van der Waals surface area (Å²) in [7, 11) is 0. The van der Waals surface area contributed by atoms with Gasteiger partial charge in [0.15, 0.2) is 0 Å². The Kier molecular flexibility index (Phi) is 7.12. The topological polar surface area (TPSA) is 0 Å². The van der Waals surface area contributed by atoms with Crippen LogP contribution in [-0.4, -0.2) is 15.0 Å².